The Labute approximate surface area is 102 Å². The van der Waals surface area contributed by atoms with Crippen LogP contribution in [0.1, 0.15) is 33.1 Å². The summed E-state index contributed by atoms with van der Waals surface area (Å²) in [5.41, 5.74) is 0. The van der Waals surface area contributed by atoms with Crippen LogP contribution < -0.4 is 5.32 Å². The molecule has 0 aliphatic carbocycles. The third kappa shape index (κ3) is 2.54. The van der Waals surface area contributed by atoms with Gasteiger partial charge in [0.05, 0.1) is 6.04 Å². The molecule has 16 heavy (non-hydrogen) atoms. The number of hydrogen-bond donors (Lipinski definition) is 1. The van der Waals surface area contributed by atoms with Crippen LogP contribution in [0.25, 0.3) is 0 Å². The molecule has 0 aromatic heterocycles. The van der Waals surface area contributed by atoms with Crippen LogP contribution in [0.15, 0.2) is 0 Å². The van der Waals surface area contributed by atoms with Gasteiger partial charge in [0.15, 0.2) is 0 Å². The van der Waals surface area contributed by atoms with Gasteiger partial charge in [0, 0.05) is 23.6 Å². The van der Waals surface area contributed by atoms with Crippen molar-refractivity contribution in [2.75, 3.05) is 18.8 Å². The molecule has 0 aromatic carbocycles. The summed E-state index contributed by atoms with van der Waals surface area (Å²) in [5.74, 6) is 1.42. The Hall–Kier alpha value is -0.220. The molecule has 2 aliphatic rings. The van der Waals surface area contributed by atoms with Crippen molar-refractivity contribution in [3.05, 3.63) is 0 Å². The quantitative estimate of drug-likeness (QED) is 0.756. The van der Waals surface area contributed by atoms with E-state index in [0.29, 0.717) is 17.2 Å². The molecule has 0 radical (unpaired) electrons. The molecule has 1 N–H and O–H groups in total. The molecule has 2 fully saturated rings. The van der Waals surface area contributed by atoms with Gasteiger partial charge < -0.3 is 10.2 Å². The predicted octanol–water partition coefficient (Wildman–Crippen LogP) is 1.48. The largest absolute Gasteiger partial charge is 0.337 e. The van der Waals surface area contributed by atoms with E-state index in [4.69, 9.17) is 0 Å². The van der Waals surface area contributed by atoms with E-state index >= 15 is 0 Å². The molecule has 0 bridgehead atoms. The van der Waals surface area contributed by atoms with E-state index in [1.807, 2.05) is 11.8 Å². The third-order valence-corrected chi connectivity index (χ3v) is 5.11. The Morgan fingerprint density at radius 2 is 2.19 bits per heavy atom. The van der Waals surface area contributed by atoms with E-state index in [9.17, 15) is 4.79 Å². The van der Waals surface area contributed by atoms with E-state index in [-0.39, 0.29) is 6.04 Å². The van der Waals surface area contributed by atoms with Gasteiger partial charge in [0.25, 0.3) is 0 Å². The van der Waals surface area contributed by atoms with Gasteiger partial charge in [-0.05, 0) is 26.3 Å². The molecular formula is C12H22N2OS. The van der Waals surface area contributed by atoms with Crippen molar-refractivity contribution in [1.29, 1.82) is 0 Å². The maximum absolute atomic E-state index is 12.4. The minimum atomic E-state index is 0.0894. The lowest BCUT2D eigenvalue weighted by Crippen LogP contribution is -2.55. The van der Waals surface area contributed by atoms with Crippen molar-refractivity contribution in [1.82, 2.24) is 10.2 Å². The standard InChI is InChI=1S/C12H22N2OS/c1-9-10(2)16-8-7-14(9)12(15)11-5-3-4-6-13-11/h9-11,13H,3-8H2,1-2H3. The van der Waals surface area contributed by atoms with Crippen LogP contribution in [0.2, 0.25) is 0 Å². The lowest BCUT2D eigenvalue weighted by atomic mass is 10.0. The molecule has 0 aromatic rings. The van der Waals surface area contributed by atoms with Gasteiger partial charge in [-0.15, -0.1) is 0 Å². The highest BCUT2D eigenvalue weighted by atomic mass is 32.2. The van der Waals surface area contributed by atoms with Crippen molar-refractivity contribution in [3.63, 3.8) is 0 Å². The third-order valence-electron chi connectivity index (χ3n) is 3.78. The van der Waals surface area contributed by atoms with Crippen LogP contribution in [0, 0.1) is 0 Å². The van der Waals surface area contributed by atoms with Gasteiger partial charge in [-0.2, -0.15) is 11.8 Å². The summed E-state index contributed by atoms with van der Waals surface area (Å²) in [7, 11) is 0. The molecule has 2 rings (SSSR count). The zero-order chi connectivity index (χ0) is 11.5. The second kappa shape index (κ2) is 5.41. The zero-order valence-electron chi connectivity index (χ0n) is 10.2. The number of piperidine rings is 1. The molecule has 3 unspecified atom stereocenters. The highest BCUT2D eigenvalue weighted by Crippen LogP contribution is 2.25. The normalized spacial score (nSPS) is 36.1. The second-order valence-corrected chi connectivity index (χ2v) is 6.34. The first-order valence-corrected chi connectivity index (χ1v) is 7.40. The minimum absolute atomic E-state index is 0.0894. The summed E-state index contributed by atoms with van der Waals surface area (Å²) < 4.78 is 0. The summed E-state index contributed by atoms with van der Waals surface area (Å²) in [6, 6.07) is 0.474. The summed E-state index contributed by atoms with van der Waals surface area (Å²) in [6.45, 7) is 6.33. The SMILES string of the molecule is CC1SCCN(C(=O)C2CCCCN2)C1C. The molecule has 2 aliphatic heterocycles. The highest BCUT2D eigenvalue weighted by Gasteiger charge is 2.33. The smallest absolute Gasteiger partial charge is 0.240 e. The van der Waals surface area contributed by atoms with Gasteiger partial charge in [-0.1, -0.05) is 13.3 Å². The number of thioether (sulfide) groups is 1. The molecule has 4 heteroatoms. The monoisotopic (exact) mass is 242 g/mol. The fourth-order valence-electron chi connectivity index (χ4n) is 2.51. The number of carbonyl (C=O) groups excluding carboxylic acids is 1. The first kappa shape index (κ1) is 12.2. The van der Waals surface area contributed by atoms with Gasteiger partial charge in [-0.3, -0.25) is 4.79 Å². The summed E-state index contributed by atoms with van der Waals surface area (Å²) in [5, 5.41) is 3.92. The Kier molecular flexibility index (Phi) is 4.14. The predicted molar refractivity (Wildman–Crippen MR) is 68.7 cm³/mol. The van der Waals surface area contributed by atoms with E-state index in [0.717, 1.165) is 25.3 Å². The van der Waals surface area contributed by atoms with Crippen molar-refractivity contribution in [2.45, 2.75) is 50.4 Å². The Balaban J connectivity index is 1.96. The molecule has 3 nitrogen and oxygen atoms in total. The summed E-state index contributed by atoms with van der Waals surface area (Å²) in [4.78, 5) is 14.5. The van der Waals surface area contributed by atoms with Crippen molar-refractivity contribution >= 4 is 17.7 Å². The lowest BCUT2D eigenvalue weighted by Gasteiger charge is -2.40. The van der Waals surface area contributed by atoms with Crippen molar-refractivity contribution in [3.8, 4) is 0 Å². The van der Waals surface area contributed by atoms with Crippen LogP contribution in [-0.4, -0.2) is 47.0 Å². The lowest BCUT2D eigenvalue weighted by molar-refractivity contribution is -0.135. The van der Waals surface area contributed by atoms with Crippen LogP contribution in [-0.2, 0) is 4.79 Å². The fraction of sp³-hybridized carbons (Fsp3) is 0.917. The molecule has 0 saturated carbocycles. The summed E-state index contributed by atoms with van der Waals surface area (Å²) in [6.07, 6.45) is 3.42. The average Bonchev–Trinajstić information content (AvgIpc) is 2.33. The van der Waals surface area contributed by atoms with Crippen LogP contribution in [0.3, 0.4) is 0 Å². The molecular weight excluding hydrogens is 220 g/mol. The van der Waals surface area contributed by atoms with Gasteiger partial charge in [-0.25, -0.2) is 0 Å². The molecule has 92 valence electrons. The second-order valence-electron chi connectivity index (χ2n) is 4.85. The average molecular weight is 242 g/mol. The first-order chi connectivity index (χ1) is 7.70. The Morgan fingerprint density at radius 3 is 2.88 bits per heavy atom. The number of amides is 1. The molecule has 0 spiro atoms. The zero-order valence-corrected chi connectivity index (χ0v) is 11.1. The van der Waals surface area contributed by atoms with Crippen molar-refractivity contribution < 1.29 is 4.79 Å². The van der Waals surface area contributed by atoms with Gasteiger partial charge in [0.1, 0.15) is 0 Å². The van der Waals surface area contributed by atoms with Crippen LogP contribution in [0.4, 0.5) is 0 Å². The summed E-state index contributed by atoms with van der Waals surface area (Å²) >= 11 is 1.98. The topological polar surface area (TPSA) is 32.3 Å². The van der Waals surface area contributed by atoms with E-state index in [1.165, 1.54) is 12.8 Å². The van der Waals surface area contributed by atoms with E-state index < -0.39 is 0 Å². The highest BCUT2D eigenvalue weighted by molar-refractivity contribution is 8.00. The molecule has 3 atom stereocenters. The maximum atomic E-state index is 12.4. The molecule has 2 heterocycles. The fourth-order valence-corrected chi connectivity index (χ4v) is 3.61. The van der Waals surface area contributed by atoms with Crippen molar-refractivity contribution in [2.24, 2.45) is 0 Å². The van der Waals surface area contributed by atoms with Gasteiger partial charge in [0.2, 0.25) is 5.91 Å². The van der Waals surface area contributed by atoms with Crippen LogP contribution in [0.5, 0.6) is 0 Å². The Morgan fingerprint density at radius 1 is 1.38 bits per heavy atom. The number of nitrogens with zero attached hydrogens (tertiary/aromatic N) is 1. The van der Waals surface area contributed by atoms with Crippen LogP contribution >= 0.6 is 11.8 Å². The maximum Gasteiger partial charge on any atom is 0.240 e. The molecule has 1 amide bonds. The minimum Gasteiger partial charge on any atom is -0.337 e. The number of hydrogen-bond acceptors (Lipinski definition) is 3. The van der Waals surface area contributed by atoms with E-state index in [2.05, 4.69) is 24.1 Å². The number of nitrogens with one attached hydrogen (secondary N) is 1. The Bertz CT molecular complexity index is 253. The van der Waals surface area contributed by atoms with Gasteiger partial charge >= 0.3 is 0 Å². The number of rotatable bonds is 1. The van der Waals surface area contributed by atoms with E-state index in [1.54, 1.807) is 0 Å². The first-order valence-electron chi connectivity index (χ1n) is 6.35. The number of carbonyl (C=O) groups is 1. The molecule has 2 saturated heterocycles.